The Balaban J connectivity index is 0.00000218. The van der Waals surface area contributed by atoms with Gasteiger partial charge in [-0.1, -0.05) is 54.6 Å². The molecular formula is C25H21BrN2O2. The first-order valence-corrected chi connectivity index (χ1v) is 9.75. The average molecular weight is 461 g/mol. The monoisotopic (exact) mass is 460 g/mol. The molecule has 0 saturated heterocycles. The number of hydrogen-bond acceptors (Lipinski definition) is 2. The SMILES string of the molecule is CC(c1ccc2oc3ccccc3c2c1)n1cc[n+](CC(=O)c2ccccc2)c1.[Br-]. The van der Waals surface area contributed by atoms with Gasteiger partial charge in [0.2, 0.25) is 12.1 Å². The molecule has 1 unspecified atom stereocenters. The number of ketones is 1. The maximum atomic E-state index is 12.5. The van der Waals surface area contributed by atoms with E-state index in [0.29, 0.717) is 6.54 Å². The molecule has 0 bridgehead atoms. The molecule has 0 aliphatic heterocycles. The molecule has 4 nitrogen and oxygen atoms in total. The molecule has 0 saturated carbocycles. The number of fused-ring (bicyclic) bond motifs is 3. The van der Waals surface area contributed by atoms with Gasteiger partial charge < -0.3 is 21.4 Å². The maximum Gasteiger partial charge on any atom is 0.244 e. The Kier molecular flexibility index (Phi) is 5.55. The van der Waals surface area contributed by atoms with Gasteiger partial charge in [-0.15, -0.1) is 0 Å². The summed E-state index contributed by atoms with van der Waals surface area (Å²) in [4.78, 5) is 12.5. The molecule has 5 rings (SSSR count). The van der Waals surface area contributed by atoms with Crippen LogP contribution in [0.25, 0.3) is 21.9 Å². The molecule has 0 fully saturated rings. The number of benzene rings is 3. The predicted octanol–water partition coefficient (Wildman–Crippen LogP) is 2.17. The molecule has 0 N–H and O–H groups in total. The van der Waals surface area contributed by atoms with Crippen LogP contribution in [-0.2, 0) is 6.54 Å². The van der Waals surface area contributed by atoms with Gasteiger partial charge in [-0.05, 0) is 30.7 Å². The molecule has 5 heteroatoms. The van der Waals surface area contributed by atoms with E-state index in [4.69, 9.17) is 4.42 Å². The van der Waals surface area contributed by atoms with Crippen LogP contribution < -0.4 is 21.5 Å². The van der Waals surface area contributed by atoms with Crippen LogP contribution in [0.4, 0.5) is 0 Å². The van der Waals surface area contributed by atoms with E-state index >= 15 is 0 Å². The fourth-order valence-electron chi connectivity index (χ4n) is 3.79. The normalized spacial score (nSPS) is 12.0. The highest BCUT2D eigenvalue weighted by Crippen LogP contribution is 2.31. The van der Waals surface area contributed by atoms with E-state index in [-0.39, 0.29) is 28.8 Å². The number of para-hydroxylation sites is 1. The molecular weight excluding hydrogens is 440 g/mol. The summed E-state index contributed by atoms with van der Waals surface area (Å²) < 4.78 is 9.99. The van der Waals surface area contributed by atoms with Crippen molar-refractivity contribution < 1.29 is 30.8 Å². The maximum absolute atomic E-state index is 12.5. The van der Waals surface area contributed by atoms with E-state index < -0.39 is 0 Å². The van der Waals surface area contributed by atoms with Crippen LogP contribution in [0.2, 0.25) is 0 Å². The first-order chi connectivity index (χ1) is 14.2. The van der Waals surface area contributed by atoms with Crippen molar-refractivity contribution in [3.8, 4) is 0 Å². The lowest BCUT2D eigenvalue weighted by molar-refractivity contribution is -0.682. The minimum atomic E-state index is 0. The molecule has 3 aromatic carbocycles. The Morgan fingerprint density at radius 1 is 0.967 bits per heavy atom. The zero-order valence-corrected chi connectivity index (χ0v) is 18.1. The number of imidazole rings is 1. The summed E-state index contributed by atoms with van der Waals surface area (Å²) in [6.45, 7) is 2.49. The van der Waals surface area contributed by atoms with Crippen molar-refractivity contribution in [1.29, 1.82) is 0 Å². The summed E-state index contributed by atoms with van der Waals surface area (Å²) in [5.41, 5.74) is 3.74. The Bertz CT molecular complexity index is 1320. The van der Waals surface area contributed by atoms with Gasteiger partial charge in [0.25, 0.3) is 0 Å². The first kappa shape index (κ1) is 20.1. The highest BCUT2D eigenvalue weighted by Gasteiger charge is 2.18. The zero-order valence-electron chi connectivity index (χ0n) is 16.5. The van der Waals surface area contributed by atoms with Crippen molar-refractivity contribution >= 4 is 27.7 Å². The van der Waals surface area contributed by atoms with Gasteiger partial charge in [0, 0.05) is 16.3 Å². The average Bonchev–Trinajstić information content (AvgIpc) is 3.38. The molecule has 0 spiro atoms. The van der Waals surface area contributed by atoms with E-state index in [1.807, 2.05) is 77.9 Å². The Morgan fingerprint density at radius 2 is 1.70 bits per heavy atom. The number of aromatic nitrogens is 2. The van der Waals surface area contributed by atoms with Crippen molar-refractivity contribution in [3.63, 3.8) is 0 Å². The second-order valence-electron chi connectivity index (χ2n) is 7.35. The second-order valence-corrected chi connectivity index (χ2v) is 7.35. The standard InChI is InChI=1S/C25H21N2O2.BrH/c1-18(20-11-12-25-22(15-20)21-9-5-6-10-24(21)29-25)27-14-13-26(17-27)16-23(28)19-7-3-2-4-8-19;/h2-15,17-18H,16H2,1H3;1H/q+1;/p-1. The summed E-state index contributed by atoms with van der Waals surface area (Å²) in [6, 6.07) is 24.0. The lowest BCUT2D eigenvalue weighted by atomic mass is 10.0. The number of carbonyl (C=O) groups is 1. The third-order valence-electron chi connectivity index (χ3n) is 5.46. The molecule has 0 amide bonds. The Morgan fingerprint density at radius 3 is 2.53 bits per heavy atom. The fraction of sp³-hybridized carbons (Fsp3) is 0.120. The zero-order chi connectivity index (χ0) is 19.8. The van der Waals surface area contributed by atoms with E-state index in [0.717, 1.165) is 27.5 Å². The number of rotatable bonds is 5. The molecule has 1 atom stereocenters. The highest BCUT2D eigenvalue weighted by molar-refractivity contribution is 6.05. The lowest BCUT2D eigenvalue weighted by Gasteiger charge is -2.08. The summed E-state index contributed by atoms with van der Waals surface area (Å²) >= 11 is 0. The van der Waals surface area contributed by atoms with Gasteiger partial charge in [-0.2, -0.15) is 0 Å². The van der Waals surface area contributed by atoms with E-state index in [1.165, 1.54) is 5.56 Å². The molecule has 2 heterocycles. The fourth-order valence-corrected chi connectivity index (χ4v) is 3.79. The smallest absolute Gasteiger partial charge is 0.244 e. The van der Waals surface area contributed by atoms with Crippen LogP contribution in [0.15, 0.2) is 95.9 Å². The van der Waals surface area contributed by atoms with Crippen LogP contribution >= 0.6 is 0 Å². The number of furan rings is 1. The summed E-state index contributed by atoms with van der Waals surface area (Å²) in [7, 11) is 0. The molecule has 0 aliphatic rings. The molecule has 0 aliphatic carbocycles. The summed E-state index contributed by atoms with van der Waals surface area (Å²) in [5.74, 6) is 0.104. The number of halogens is 1. The molecule has 2 aromatic heterocycles. The minimum Gasteiger partial charge on any atom is -1.00 e. The quantitative estimate of drug-likeness (QED) is 0.297. The first-order valence-electron chi connectivity index (χ1n) is 9.75. The van der Waals surface area contributed by atoms with Gasteiger partial charge in [0.15, 0.2) is 6.54 Å². The van der Waals surface area contributed by atoms with Crippen LogP contribution in [0, 0.1) is 0 Å². The van der Waals surface area contributed by atoms with Crippen LogP contribution in [0.1, 0.15) is 28.9 Å². The third kappa shape index (κ3) is 3.68. The number of carbonyl (C=O) groups excluding carboxylic acids is 1. The van der Waals surface area contributed by atoms with Crippen molar-refractivity contribution in [2.75, 3.05) is 0 Å². The predicted molar refractivity (Wildman–Crippen MR) is 113 cm³/mol. The third-order valence-corrected chi connectivity index (χ3v) is 5.46. The van der Waals surface area contributed by atoms with E-state index in [9.17, 15) is 4.79 Å². The van der Waals surface area contributed by atoms with Gasteiger partial charge in [-0.3, -0.25) is 4.79 Å². The van der Waals surface area contributed by atoms with Crippen molar-refractivity contribution in [2.45, 2.75) is 19.5 Å². The van der Waals surface area contributed by atoms with E-state index in [2.05, 4.69) is 29.7 Å². The van der Waals surface area contributed by atoms with Crippen molar-refractivity contribution in [1.82, 2.24) is 4.57 Å². The van der Waals surface area contributed by atoms with Crippen LogP contribution in [0.3, 0.4) is 0 Å². The van der Waals surface area contributed by atoms with Gasteiger partial charge >= 0.3 is 0 Å². The van der Waals surface area contributed by atoms with Gasteiger partial charge in [0.1, 0.15) is 29.6 Å². The molecule has 0 radical (unpaired) electrons. The topological polar surface area (TPSA) is 39.0 Å². The summed E-state index contributed by atoms with van der Waals surface area (Å²) in [5, 5.41) is 2.26. The van der Waals surface area contributed by atoms with Crippen molar-refractivity contribution in [3.05, 3.63) is 103 Å². The Hall–Kier alpha value is -3.18. The van der Waals surface area contributed by atoms with Gasteiger partial charge in [-0.25, -0.2) is 9.13 Å². The van der Waals surface area contributed by atoms with Crippen LogP contribution in [0.5, 0.6) is 0 Å². The van der Waals surface area contributed by atoms with Crippen molar-refractivity contribution in [2.24, 2.45) is 0 Å². The second kappa shape index (κ2) is 8.28. The van der Waals surface area contributed by atoms with Crippen LogP contribution in [-0.4, -0.2) is 10.4 Å². The number of hydrogen-bond donors (Lipinski definition) is 0. The molecule has 150 valence electrons. The number of Topliss-reactive ketones (excluding diaryl/α,β-unsaturated/α-hetero) is 1. The summed E-state index contributed by atoms with van der Waals surface area (Å²) in [6.07, 6.45) is 5.95. The molecule has 5 aromatic rings. The lowest BCUT2D eigenvalue weighted by Crippen LogP contribution is -3.00. The number of nitrogens with zero attached hydrogens (tertiary/aromatic N) is 2. The largest absolute Gasteiger partial charge is 1.00 e. The molecule has 30 heavy (non-hydrogen) atoms. The Labute approximate surface area is 185 Å². The minimum absolute atomic E-state index is 0. The highest BCUT2D eigenvalue weighted by atomic mass is 79.9. The van der Waals surface area contributed by atoms with Gasteiger partial charge in [0.05, 0.1) is 0 Å². The van der Waals surface area contributed by atoms with E-state index in [1.54, 1.807) is 0 Å².